The van der Waals surface area contributed by atoms with Crippen molar-refractivity contribution in [3.05, 3.63) is 41.0 Å². The number of morpholine rings is 1. The Kier molecular flexibility index (Phi) is 3.40. The van der Waals surface area contributed by atoms with Crippen LogP contribution in [0, 0.1) is 11.3 Å². The van der Waals surface area contributed by atoms with E-state index in [1.165, 1.54) is 5.56 Å². The number of pyridine rings is 1. The summed E-state index contributed by atoms with van der Waals surface area (Å²) >= 11 is 0. The summed E-state index contributed by atoms with van der Waals surface area (Å²) in [6.45, 7) is 2.93. The molecule has 4 rings (SSSR count). The Bertz CT molecular complexity index is 803. The van der Waals surface area contributed by atoms with Crippen LogP contribution in [0.5, 0.6) is 0 Å². The summed E-state index contributed by atoms with van der Waals surface area (Å²) in [6, 6.07) is 10.6. The lowest BCUT2D eigenvalue weighted by Crippen LogP contribution is -2.38. The predicted molar refractivity (Wildman–Crippen MR) is 89.2 cm³/mol. The number of anilines is 2. The number of nitrogens with two attached hydrogens (primary N) is 1. The van der Waals surface area contributed by atoms with Crippen LogP contribution in [0.1, 0.15) is 16.7 Å². The van der Waals surface area contributed by atoms with Crippen molar-refractivity contribution in [3.8, 4) is 17.3 Å². The fourth-order valence-electron chi connectivity index (χ4n) is 3.56. The van der Waals surface area contributed by atoms with Crippen molar-refractivity contribution in [2.24, 2.45) is 0 Å². The molecule has 0 unspecified atom stereocenters. The maximum atomic E-state index is 9.60. The lowest BCUT2D eigenvalue weighted by molar-refractivity contribution is 0.122. The Morgan fingerprint density at radius 2 is 1.96 bits per heavy atom. The molecule has 0 saturated carbocycles. The number of fused-ring (bicyclic) bond motifs is 3. The molecule has 2 aromatic rings. The van der Waals surface area contributed by atoms with Gasteiger partial charge in [-0.25, -0.2) is 4.98 Å². The number of nitriles is 1. The average molecular weight is 306 g/mol. The maximum Gasteiger partial charge on any atom is 0.144 e. The smallest absolute Gasteiger partial charge is 0.144 e. The van der Waals surface area contributed by atoms with Crippen LogP contribution in [0.25, 0.3) is 11.3 Å². The molecule has 0 spiro atoms. The highest BCUT2D eigenvalue weighted by Gasteiger charge is 2.27. The number of nitrogens with zero attached hydrogens (tertiary/aromatic N) is 3. The zero-order valence-electron chi connectivity index (χ0n) is 12.9. The maximum absolute atomic E-state index is 9.60. The molecular formula is C18H18N4O. The van der Waals surface area contributed by atoms with Crippen LogP contribution in [0.2, 0.25) is 0 Å². The van der Waals surface area contributed by atoms with E-state index < -0.39 is 0 Å². The van der Waals surface area contributed by atoms with Crippen molar-refractivity contribution in [3.63, 3.8) is 0 Å². The van der Waals surface area contributed by atoms with Gasteiger partial charge in [-0.05, 0) is 18.4 Å². The molecule has 0 bridgehead atoms. The number of ether oxygens (including phenoxy) is 1. The van der Waals surface area contributed by atoms with Crippen molar-refractivity contribution in [1.29, 1.82) is 5.26 Å². The summed E-state index contributed by atoms with van der Waals surface area (Å²) in [4.78, 5) is 6.81. The van der Waals surface area contributed by atoms with Crippen molar-refractivity contribution in [2.45, 2.75) is 12.8 Å². The number of aryl methyl sites for hydroxylation is 1. The molecule has 5 nitrogen and oxygen atoms in total. The fraction of sp³-hybridized carbons (Fsp3) is 0.333. The number of nitrogen functional groups attached to an aromatic ring is 1. The van der Waals surface area contributed by atoms with E-state index in [1.807, 2.05) is 6.07 Å². The van der Waals surface area contributed by atoms with Gasteiger partial charge in [0.05, 0.1) is 24.6 Å². The second-order valence-electron chi connectivity index (χ2n) is 5.92. The van der Waals surface area contributed by atoms with E-state index in [9.17, 15) is 5.26 Å². The van der Waals surface area contributed by atoms with Gasteiger partial charge in [-0.2, -0.15) is 5.26 Å². The number of rotatable bonds is 1. The summed E-state index contributed by atoms with van der Waals surface area (Å²) in [5.41, 5.74) is 12.1. The van der Waals surface area contributed by atoms with E-state index in [1.54, 1.807) is 0 Å². The molecule has 1 saturated heterocycles. The third-order valence-electron chi connectivity index (χ3n) is 4.65. The van der Waals surface area contributed by atoms with Gasteiger partial charge in [-0.15, -0.1) is 0 Å². The van der Waals surface area contributed by atoms with Gasteiger partial charge in [0.15, 0.2) is 0 Å². The van der Waals surface area contributed by atoms with Gasteiger partial charge in [0, 0.05) is 24.2 Å². The molecule has 1 aliphatic carbocycles. The molecule has 116 valence electrons. The van der Waals surface area contributed by atoms with Crippen molar-refractivity contribution < 1.29 is 4.74 Å². The first-order chi connectivity index (χ1) is 11.3. The van der Waals surface area contributed by atoms with Gasteiger partial charge < -0.3 is 15.4 Å². The van der Waals surface area contributed by atoms with Gasteiger partial charge in [-0.3, -0.25) is 0 Å². The van der Waals surface area contributed by atoms with E-state index in [-0.39, 0.29) is 0 Å². The van der Waals surface area contributed by atoms with Gasteiger partial charge in [0.2, 0.25) is 0 Å². The van der Waals surface area contributed by atoms with Crippen LogP contribution >= 0.6 is 0 Å². The SMILES string of the molecule is N#Cc1c(N)nc2c(c1N1CCOCC1)CCc1ccccc1-2. The summed E-state index contributed by atoms with van der Waals surface area (Å²) < 4.78 is 5.45. The molecule has 0 amide bonds. The Balaban J connectivity index is 1.95. The molecule has 1 aromatic carbocycles. The minimum absolute atomic E-state index is 0.324. The van der Waals surface area contributed by atoms with Gasteiger partial charge >= 0.3 is 0 Å². The van der Waals surface area contributed by atoms with Gasteiger partial charge in [0.25, 0.3) is 0 Å². The Morgan fingerprint density at radius 3 is 2.74 bits per heavy atom. The zero-order valence-corrected chi connectivity index (χ0v) is 12.9. The van der Waals surface area contributed by atoms with Crippen LogP contribution in [0.4, 0.5) is 11.5 Å². The van der Waals surface area contributed by atoms with E-state index in [4.69, 9.17) is 10.5 Å². The van der Waals surface area contributed by atoms with Gasteiger partial charge in [0.1, 0.15) is 17.5 Å². The second-order valence-corrected chi connectivity index (χ2v) is 5.92. The molecule has 2 heterocycles. The lowest BCUT2D eigenvalue weighted by atomic mass is 9.86. The summed E-state index contributed by atoms with van der Waals surface area (Å²) in [6.07, 6.45) is 1.86. The molecule has 2 N–H and O–H groups in total. The van der Waals surface area contributed by atoms with Crippen LogP contribution in [-0.4, -0.2) is 31.3 Å². The normalized spacial score (nSPS) is 16.4. The summed E-state index contributed by atoms with van der Waals surface area (Å²) in [7, 11) is 0. The van der Waals surface area contributed by atoms with Gasteiger partial charge in [-0.1, -0.05) is 24.3 Å². The first kappa shape index (κ1) is 14.0. The van der Waals surface area contributed by atoms with Crippen molar-refractivity contribution in [2.75, 3.05) is 36.9 Å². The predicted octanol–water partition coefficient (Wildman–Crippen LogP) is 2.14. The highest BCUT2D eigenvalue weighted by molar-refractivity contribution is 5.82. The third kappa shape index (κ3) is 2.23. The average Bonchev–Trinajstić information content (AvgIpc) is 2.61. The number of hydrogen-bond donors (Lipinski definition) is 1. The molecule has 2 aliphatic rings. The third-order valence-corrected chi connectivity index (χ3v) is 4.65. The molecule has 23 heavy (non-hydrogen) atoms. The Labute approximate surface area is 135 Å². The second kappa shape index (κ2) is 5.56. The fourth-order valence-corrected chi connectivity index (χ4v) is 3.56. The quantitative estimate of drug-likeness (QED) is 0.873. The number of hydrogen-bond acceptors (Lipinski definition) is 5. The highest BCUT2D eigenvalue weighted by Crippen LogP contribution is 2.40. The zero-order chi connectivity index (χ0) is 15.8. The van der Waals surface area contributed by atoms with Crippen LogP contribution in [0.15, 0.2) is 24.3 Å². The summed E-state index contributed by atoms with van der Waals surface area (Å²) in [5.74, 6) is 0.324. The minimum Gasteiger partial charge on any atom is -0.383 e. The first-order valence-electron chi connectivity index (χ1n) is 7.93. The molecular weight excluding hydrogens is 288 g/mol. The van der Waals surface area contributed by atoms with Crippen LogP contribution in [0.3, 0.4) is 0 Å². The monoisotopic (exact) mass is 306 g/mol. The van der Waals surface area contributed by atoms with E-state index >= 15 is 0 Å². The van der Waals surface area contributed by atoms with E-state index in [2.05, 4.69) is 34.2 Å². The van der Waals surface area contributed by atoms with Crippen molar-refractivity contribution in [1.82, 2.24) is 4.98 Å². The Hall–Kier alpha value is -2.58. The standard InChI is InChI=1S/C18H18N4O/c19-11-15-17(22-7-9-23-10-8-22)14-6-5-12-3-1-2-4-13(12)16(14)21-18(15)20/h1-4H,5-10H2,(H2,20,21). The molecule has 0 atom stereocenters. The molecule has 1 fully saturated rings. The largest absolute Gasteiger partial charge is 0.383 e. The molecule has 1 aliphatic heterocycles. The first-order valence-corrected chi connectivity index (χ1v) is 7.93. The van der Waals surface area contributed by atoms with Crippen LogP contribution in [-0.2, 0) is 17.6 Å². The molecule has 0 radical (unpaired) electrons. The van der Waals surface area contributed by atoms with Crippen LogP contribution < -0.4 is 10.6 Å². The molecule has 5 heteroatoms. The lowest BCUT2D eigenvalue weighted by Gasteiger charge is -2.33. The Morgan fingerprint density at radius 1 is 1.17 bits per heavy atom. The topological polar surface area (TPSA) is 75.2 Å². The van der Waals surface area contributed by atoms with E-state index in [0.29, 0.717) is 24.6 Å². The number of benzene rings is 1. The highest BCUT2D eigenvalue weighted by atomic mass is 16.5. The van der Waals surface area contributed by atoms with Crippen molar-refractivity contribution >= 4 is 11.5 Å². The minimum atomic E-state index is 0.324. The van der Waals surface area contributed by atoms with E-state index in [0.717, 1.165) is 48.4 Å². The summed E-state index contributed by atoms with van der Waals surface area (Å²) in [5, 5.41) is 9.60. The molecule has 1 aromatic heterocycles. The number of aromatic nitrogens is 1.